The molecule has 102 valence electrons. The number of hydrogen-bond donors (Lipinski definition) is 1. The van der Waals surface area contributed by atoms with E-state index < -0.39 is 11.0 Å². The molecule has 1 atom stereocenters. The molecule has 0 spiro atoms. The number of amides is 1. The number of aliphatic hydroxyl groups excluding tert-OH is 1. The van der Waals surface area contributed by atoms with Crippen molar-refractivity contribution in [1.82, 2.24) is 4.90 Å². The number of rotatable bonds is 3. The fraction of sp³-hybridized carbons (Fsp3) is 0.417. The van der Waals surface area contributed by atoms with Crippen LogP contribution in [0.1, 0.15) is 16.8 Å². The molecular formula is C12H14N2O5. The molecule has 1 aromatic carbocycles. The summed E-state index contributed by atoms with van der Waals surface area (Å²) >= 11 is 0. The highest BCUT2D eigenvalue weighted by molar-refractivity contribution is 5.98. The number of nitro benzene ring substituents is 1. The Hall–Kier alpha value is -2.15. The monoisotopic (exact) mass is 266 g/mol. The fourth-order valence-corrected chi connectivity index (χ4v) is 2.15. The van der Waals surface area contributed by atoms with Crippen LogP contribution in [-0.4, -0.2) is 47.1 Å². The summed E-state index contributed by atoms with van der Waals surface area (Å²) in [5.74, 6) is -0.406. The van der Waals surface area contributed by atoms with Crippen molar-refractivity contribution in [2.75, 3.05) is 20.2 Å². The first-order valence-corrected chi connectivity index (χ1v) is 5.83. The van der Waals surface area contributed by atoms with Gasteiger partial charge in [-0.15, -0.1) is 0 Å². The van der Waals surface area contributed by atoms with Gasteiger partial charge in [-0.25, -0.2) is 0 Å². The summed E-state index contributed by atoms with van der Waals surface area (Å²) in [5, 5.41) is 20.3. The first kappa shape index (κ1) is 13.3. The Morgan fingerprint density at radius 1 is 1.58 bits per heavy atom. The zero-order valence-corrected chi connectivity index (χ0v) is 10.4. The lowest BCUT2D eigenvalue weighted by atomic mass is 10.1. The largest absolute Gasteiger partial charge is 0.490 e. The molecule has 1 heterocycles. The first-order valence-electron chi connectivity index (χ1n) is 5.83. The molecule has 2 rings (SSSR count). The van der Waals surface area contributed by atoms with E-state index in [9.17, 15) is 20.0 Å². The zero-order chi connectivity index (χ0) is 14.0. The number of β-amino-alcohol motifs (C(OH)–C–C–N with tert-alkyl or cyclic N) is 1. The second-order valence-corrected chi connectivity index (χ2v) is 4.31. The van der Waals surface area contributed by atoms with Gasteiger partial charge in [0.05, 0.1) is 23.7 Å². The van der Waals surface area contributed by atoms with Crippen LogP contribution in [0.5, 0.6) is 5.75 Å². The van der Waals surface area contributed by atoms with Crippen molar-refractivity contribution in [3.63, 3.8) is 0 Å². The van der Waals surface area contributed by atoms with Gasteiger partial charge in [0.15, 0.2) is 0 Å². The van der Waals surface area contributed by atoms with E-state index in [4.69, 9.17) is 4.74 Å². The second kappa shape index (κ2) is 5.23. The van der Waals surface area contributed by atoms with Crippen LogP contribution in [0.3, 0.4) is 0 Å². The van der Waals surface area contributed by atoms with Crippen LogP contribution in [0.25, 0.3) is 0 Å². The van der Waals surface area contributed by atoms with Crippen LogP contribution in [0.4, 0.5) is 5.69 Å². The van der Waals surface area contributed by atoms with Gasteiger partial charge in [-0.3, -0.25) is 14.9 Å². The second-order valence-electron chi connectivity index (χ2n) is 4.31. The van der Waals surface area contributed by atoms with Crippen molar-refractivity contribution in [3.8, 4) is 5.75 Å². The van der Waals surface area contributed by atoms with Crippen molar-refractivity contribution in [1.29, 1.82) is 0 Å². The van der Waals surface area contributed by atoms with Gasteiger partial charge in [0.2, 0.25) is 5.75 Å². The molecule has 1 aliphatic rings. The summed E-state index contributed by atoms with van der Waals surface area (Å²) in [5.41, 5.74) is -0.0982. The minimum absolute atomic E-state index is 0.0427. The zero-order valence-electron chi connectivity index (χ0n) is 10.4. The van der Waals surface area contributed by atoms with E-state index in [0.29, 0.717) is 13.0 Å². The number of methoxy groups -OCH3 is 1. The van der Waals surface area contributed by atoms with Crippen LogP contribution in [0.2, 0.25) is 0 Å². The molecule has 0 saturated carbocycles. The molecule has 7 heteroatoms. The van der Waals surface area contributed by atoms with Crippen molar-refractivity contribution in [2.24, 2.45) is 0 Å². The Balaban J connectivity index is 2.36. The minimum atomic E-state index is -0.589. The fourth-order valence-electron chi connectivity index (χ4n) is 2.15. The molecule has 1 amide bonds. The topological polar surface area (TPSA) is 92.9 Å². The predicted octanol–water partition coefficient (Wildman–Crippen LogP) is 0.810. The molecule has 0 unspecified atom stereocenters. The van der Waals surface area contributed by atoms with Crippen molar-refractivity contribution in [2.45, 2.75) is 12.5 Å². The Labute approximate surface area is 109 Å². The highest BCUT2D eigenvalue weighted by atomic mass is 16.6. The van der Waals surface area contributed by atoms with Crippen molar-refractivity contribution < 1.29 is 19.6 Å². The van der Waals surface area contributed by atoms with E-state index in [-0.39, 0.29) is 29.5 Å². The van der Waals surface area contributed by atoms with Gasteiger partial charge >= 0.3 is 5.69 Å². The number of benzene rings is 1. The van der Waals surface area contributed by atoms with Gasteiger partial charge in [0.25, 0.3) is 5.91 Å². The molecule has 0 aromatic heterocycles. The van der Waals surface area contributed by atoms with E-state index in [1.807, 2.05) is 0 Å². The average Bonchev–Trinajstić information content (AvgIpc) is 2.83. The molecule has 0 radical (unpaired) electrons. The smallest absolute Gasteiger partial charge is 0.311 e. The Morgan fingerprint density at radius 2 is 2.32 bits per heavy atom. The number of carbonyl (C=O) groups excluding carboxylic acids is 1. The number of hydrogen-bond acceptors (Lipinski definition) is 5. The number of aliphatic hydroxyl groups is 1. The van der Waals surface area contributed by atoms with Gasteiger partial charge in [0, 0.05) is 19.2 Å². The van der Waals surface area contributed by atoms with Crippen molar-refractivity contribution in [3.05, 3.63) is 33.9 Å². The molecule has 1 saturated heterocycles. The van der Waals surface area contributed by atoms with Gasteiger partial charge in [-0.1, -0.05) is 6.07 Å². The van der Waals surface area contributed by atoms with Gasteiger partial charge < -0.3 is 14.7 Å². The molecule has 0 bridgehead atoms. The van der Waals surface area contributed by atoms with Crippen LogP contribution in [0, 0.1) is 10.1 Å². The summed E-state index contributed by atoms with van der Waals surface area (Å²) in [6.45, 7) is 0.677. The van der Waals surface area contributed by atoms with Crippen LogP contribution in [0.15, 0.2) is 18.2 Å². The highest BCUT2D eigenvalue weighted by Gasteiger charge is 2.30. The Bertz CT molecular complexity index is 517. The summed E-state index contributed by atoms with van der Waals surface area (Å²) in [6.07, 6.45) is -0.0168. The van der Waals surface area contributed by atoms with Crippen LogP contribution in [-0.2, 0) is 0 Å². The number of ether oxygens (including phenoxy) is 1. The molecular weight excluding hydrogens is 252 g/mol. The highest BCUT2D eigenvalue weighted by Crippen LogP contribution is 2.31. The predicted molar refractivity (Wildman–Crippen MR) is 66.2 cm³/mol. The summed E-state index contributed by atoms with van der Waals surface area (Å²) in [6, 6.07) is 4.22. The minimum Gasteiger partial charge on any atom is -0.490 e. The number of nitro groups is 1. The summed E-state index contributed by atoms with van der Waals surface area (Å²) in [7, 11) is 1.29. The molecule has 1 N–H and O–H groups in total. The summed E-state index contributed by atoms with van der Waals surface area (Å²) < 4.78 is 4.99. The number of likely N-dealkylation sites (tertiary alicyclic amines) is 1. The van der Waals surface area contributed by atoms with Crippen LogP contribution >= 0.6 is 0 Å². The lowest BCUT2D eigenvalue weighted by Gasteiger charge is -2.17. The first-order chi connectivity index (χ1) is 9.04. The maximum Gasteiger partial charge on any atom is 0.311 e. The lowest BCUT2D eigenvalue weighted by Crippen LogP contribution is -2.29. The molecule has 1 fully saturated rings. The molecule has 0 aliphatic carbocycles. The van der Waals surface area contributed by atoms with E-state index in [1.54, 1.807) is 0 Å². The standard InChI is InChI=1S/C12H14N2O5/c1-19-11-9(3-2-4-10(11)14(17)18)12(16)13-6-5-8(15)7-13/h2-4,8,15H,5-7H2,1H3/t8-/m1/s1. The summed E-state index contributed by atoms with van der Waals surface area (Å²) in [4.78, 5) is 24.0. The maximum atomic E-state index is 12.3. The van der Waals surface area contributed by atoms with Gasteiger partial charge in [-0.2, -0.15) is 0 Å². The SMILES string of the molecule is COc1c(C(=O)N2CC[C@@H](O)C2)cccc1[N+](=O)[O-]. The van der Waals surface area contributed by atoms with Gasteiger partial charge in [0.1, 0.15) is 0 Å². The molecule has 19 heavy (non-hydrogen) atoms. The van der Waals surface area contributed by atoms with Crippen molar-refractivity contribution >= 4 is 11.6 Å². The number of carbonyl (C=O) groups is 1. The lowest BCUT2D eigenvalue weighted by molar-refractivity contribution is -0.385. The Kier molecular flexibility index (Phi) is 3.66. The normalized spacial score (nSPS) is 18.4. The Morgan fingerprint density at radius 3 is 2.84 bits per heavy atom. The molecule has 1 aliphatic heterocycles. The number of nitrogens with zero attached hydrogens (tertiary/aromatic N) is 2. The number of para-hydroxylation sites is 1. The van der Waals surface area contributed by atoms with Crippen LogP contribution < -0.4 is 4.74 Å². The quantitative estimate of drug-likeness (QED) is 0.645. The van der Waals surface area contributed by atoms with E-state index in [2.05, 4.69) is 0 Å². The third kappa shape index (κ3) is 2.50. The maximum absolute atomic E-state index is 12.3. The molecule has 1 aromatic rings. The third-order valence-electron chi connectivity index (χ3n) is 3.08. The van der Waals surface area contributed by atoms with Gasteiger partial charge in [-0.05, 0) is 12.5 Å². The van der Waals surface area contributed by atoms with E-state index in [0.717, 1.165) is 0 Å². The van der Waals surface area contributed by atoms with E-state index >= 15 is 0 Å². The van der Waals surface area contributed by atoms with E-state index in [1.165, 1.54) is 30.2 Å². The average molecular weight is 266 g/mol. The molecule has 7 nitrogen and oxygen atoms in total. The third-order valence-corrected chi connectivity index (χ3v) is 3.08.